The second-order valence-corrected chi connectivity index (χ2v) is 9.76. The summed E-state index contributed by atoms with van der Waals surface area (Å²) < 4.78 is 5.63. The lowest BCUT2D eigenvalue weighted by Gasteiger charge is -2.38. The Hall–Kier alpha value is -3.21. The molecule has 0 bridgehead atoms. The molecule has 0 aromatic heterocycles. The number of ether oxygens (including phenoxy) is 1. The van der Waals surface area contributed by atoms with E-state index in [0.29, 0.717) is 17.7 Å². The summed E-state index contributed by atoms with van der Waals surface area (Å²) >= 11 is 0. The van der Waals surface area contributed by atoms with Gasteiger partial charge in [-0.2, -0.15) is 0 Å². The second kappa shape index (κ2) is 10.6. The smallest absolute Gasteiger partial charge is 0.336 e. The normalized spacial score (nSPS) is 22.1. The number of rotatable bonds is 7. The Bertz CT molecular complexity index is 1130. The predicted octanol–water partition coefficient (Wildman–Crippen LogP) is 6.06. The number of hydrogen-bond acceptors (Lipinski definition) is 5. The van der Waals surface area contributed by atoms with Gasteiger partial charge in [0.1, 0.15) is 5.78 Å². The van der Waals surface area contributed by atoms with E-state index in [2.05, 4.69) is 55.1 Å². The van der Waals surface area contributed by atoms with Gasteiger partial charge >= 0.3 is 5.97 Å². The predicted molar refractivity (Wildman–Crippen MR) is 141 cm³/mol. The number of carbonyl (C=O) groups excluding carboxylic acids is 2. The van der Waals surface area contributed by atoms with E-state index in [0.717, 1.165) is 42.0 Å². The van der Waals surface area contributed by atoms with Gasteiger partial charge in [0.25, 0.3) is 0 Å². The number of fused-ring (bicyclic) bond motifs is 1. The van der Waals surface area contributed by atoms with Crippen LogP contribution in [0.3, 0.4) is 0 Å². The van der Waals surface area contributed by atoms with Gasteiger partial charge < -0.3 is 9.64 Å². The third kappa shape index (κ3) is 5.09. The number of hydrogen-bond donors (Lipinski definition) is 0. The molecule has 2 aliphatic rings. The zero-order chi connectivity index (χ0) is 25.1. The summed E-state index contributed by atoms with van der Waals surface area (Å²) in [4.78, 5) is 34.1. The first-order valence-electron chi connectivity index (χ1n) is 12.8. The van der Waals surface area contributed by atoms with Gasteiger partial charge in [-0.15, -0.1) is 0 Å². The van der Waals surface area contributed by atoms with E-state index in [1.807, 2.05) is 39.0 Å². The molecule has 0 spiro atoms. The molecule has 1 heterocycles. The minimum absolute atomic E-state index is 0.112. The fourth-order valence-electron chi connectivity index (χ4n) is 5.52. The van der Waals surface area contributed by atoms with Crippen molar-refractivity contribution < 1.29 is 14.3 Å². The Balaban J connectivity index is 1.76. The van der Waals surface area contributed by atoms with Gasteiger partial charge in [0.2, 0.25) is 0 Å². The number of aliphatic imine (C=N–C) groups is 1. The number of carbonyl (C=O) groups is 2. The van der Waals surface area contributed by atoms with Crippen molar-refractivity contribution in [3.05, 3.63) is 77.0 Å². The molecule has 1 aliphatic heterocycles. The van der Waals surface area contributed by atoms with Crippen LogP contribution in [0.2, 0.25) is 0 Å². The van der Waals surface area contributed by atoms with Gasteiger partial charge in [0.05, 0.1) is 17.6 Å². The maximum atomic E-state index is 13.7. The minimum atomic E-state index is -0.437. The molecule has 1 saturated carbocycles. The highest BCUT2D eigenvalue weighted by molar-refractivity contribution is 6.12. The fraction of sp³-hybridized carbons (Fsp3) is 0.433. The van der Waals surface area contributed by atoms with E-state index in [1.165, 1.54) is 0 Å². The van der Waals surface area contributed by atoms with E-state index < -0.39 is 5.92 Å². The first-order valence-corrected chi connectivity index (χ1v) is 12.8. The van der Waals surface area contributed by atoms with Crippen LogP contribution in [-0.2, 0) is 14.3 Å². The minimum Gasteiger partial charge on any atom is -0.460 e. The fourth-order valence-corrected chi connectivity index (χ4v) is 5.52. The lowest BCUT2D eigenvalue weighted by molar-refractivity contribution is -0.143. The second-order valence-electron chi connectivity index (χ2n) is 9.76. The Labute approximate surface area is 208 Å². The van der Waals surface area contributed by atoms with Crippen LogP contribution in [0.5, 0.6) is 0 Å². The van der Waals surface area contributed by atoms with Gasteiger partial charge in [-0.1, -0.05) is 42.5 Å². The molecule has 184 valence electrons. The van der Waals surface area contributed by atoms with Crippen molar-refractivity contribution >= 4 is 23.2 Å². The van der Waals surface area contributed by atoms with Gasteiger partial charge in [-0.25, -0.2) is 4.79 Å². The Morgan fingerprint density at radius 2 is 1.63 bits per heavy atom. The van der Waals surface area contributed by atoms with Gasteiger partial charge in [-0.3, -0.25) is 9.79 Å². The van der Waals surface area contributed by atoms with Crippen molar-refractivity contribution in [2.45, 2.75) is 65.4 Å². The average molecular weight is 473 g/mol. The molecule has 2 aromatic carbocycles. The maximum Gasteiger partial charge on any atom is 0.336 e. The van der Waals surface area contributed by atoms with Crippen molar-refractivity contribution in [1.82, 2.24) is 0 Å². The van der Waals surface area contributed by atoms with E-state index in [9.17, 15) is 9.59 Å². The van der Waals surface area contributed by atoms with Crippen LogP contribution in [0.25, 0.3) is 0 Å². The van der Waals surface area contributed by atoms with Crippen LogP contribution < -0.4 is 4.90 Å². The van der Waals surface area contributed by atoms with Gasteiger partial charge in [0, 0.05) is 42.5 Å². The first kappa shape index (κ1) is 24.9. The van der Waals surface area contributed by atoms with Crippen LogP contribution >= 0.6 is 0 Å². The Morgan fingerprint density at radius 1 is 0.971 bits per heavy atom. The zero-order valence-electron chi connectivity index (χ0n) is 21.5. The molecule has 3 atom stereocenters. The summed E-state index contributed by atoms with van der Waals surface area (Å²) in [6.07, 6.45) is 0.925. The summed E-state index contributed by atoms with van der Waals surface area (Å²) in [6.45, 7) is 11.7. The number of benzene rings is 2. The molecule has 0 radical (unpaired) electrons. The molecule has 35 heavy (non-hydrogen) atoms. The summed E-state index contributed by atoms with van der Waals surface area (Å²) in [7, 11) is 0. The standard InChI is InChI=1S/C30H36N2O3/c1-6-32(7-2)24-15-13-22(14-16-24)28-27(30(34)35-19(3)4)20(5)31-25-17-23(18-26(33)29(25)28)21-11-9-8-10-12-21/h8-16,19,23,28-29H,6-7,17-18H2,1-5H3/t23-,28-,29?/m1/s1. The van der Waals surface area contributed by atoms with Crippen molar-refractivity contribution in [3.8, 4) is 0 Å². The molecule has 1 unspecified atom stereocenters. The van der Waals surface area contributed by atoms with Crippen LogP contribution in [0.1, 0.15) is 70.4 Å². The SMILES string of the molecule is CCN(CC)c1ccc([C@@H]2C(C(=O)OC(C)C)=C(C)N=C3C[C@@H](c4ccccc4)CC(=O)C32)cc1. The van der Waals surface area contributed by atoms with Crippen LogP contribution in [-0.4, -0.2) is 36.7 Å². The van der Waals surface area contributed by atoms with Crippen molar-refractivity contribution in [1.29, 1.82) is 0 Å². The van der Waals surface area contributed by atoms with Crippen LogP contribution in [0.4, 0.5) is 5.69 Å². The third-order valence-corrected chi connectivity index (χ3v) is 7.17. The zero-order valence-corrected chi connectivity index (χ0v) is 21.5. The molecule has 1 fully saturated rings. The summed E-state index contributed by atoms with van der Waals surface area (Å²) in [5, 5.41) is 0. The highest BCUT2D eigenvalue weighted by Gasteiger charge is 2.46. The summed E-state index contributed by atoms with van der Waals surface area (Å²) in [6, 6.07) is 18.5. The number of esters is 1. The molecule has 5 nitrogen and oxygen atoms in total. The van der Waals surface area contributed by atoms with E-state index in [-0.39, 0.29) is 29.7 Å². The maximum absolute atomic E-state index is 13.7. The average Bonchev–Trinajstić information content (AvgIpc) is 2.84. The third-order valence-electron chi connectivity index (χ3n) is 7.17. The quantitative estimate of drug-likeness (QED) is 0.460. The molecular weight excluding hydrogens is 436 g/mol. The van der Waals surface area contributed by atoms with E-state index in [4.69, 9.17) is 9.73 Å². The van der Waals surface area contributed by atoms with Crippen molar-refractivity contribution in [2.24, 2.45) is 10.9 Å². The van der Waals surface area contributed by atoms with E-state index >= 15 is 0 Å². The largest absolute Gasteiger partial charge is 0.460 e. The summed E-state index contributed by atoms with van der Waals surface area (Å²) in [5.74, 6) is -0.946. The lowest BCUT2D eigenvalue weighted by Crippen LogP contribution is -2.41. The molecule has 0 amide bonds. The van der Waals surface area contributed by atoms with Gasteiger partial charge in [-0.05, 0) is 70.2 Å². The van der Waals surface area contributed by atoms with Crippen molar-refractivity contribution in [3.63, 3.8) is 0 Å². The monoisotopic (exact) mass is 472 g/mol. The van der Waals surface area contributed by atoms with Crippen LogP contribution in [0.15, 0.2) is 70.9 Å². The summed E-state index contributed by atoms with van der Waals surface area (Å²) in [5.41, 5.74) is 5.30. The van der Waals surface area contributed by atoms with E-state index in [1.54, 1.807) is 0 Å². The molecular formula is C30H36N2O3. The lowest BCUT2D eigenvalue weighted by atomic mass is 9.66. The number of Topliss-reactive ketones (excluding diaryl/α,β-unsaturated/α-hetero) is 1. The molecule has 0 N–H and O–H groups in total. The van der Waals surface area contributed by atoms with Crippen molar-refractivity contribution in [2.75, 3.05) is 18.0 Å². The molecule has 4 rings (SSSR count). The number of allylic oxidation sites excluding steroid dienone is 1. The molecule has 1 aliphatic carbocycles. The Morgan fingerprint density at radius 3 is 2.23 bits per heavy atom. The Kier molecular flexibility index (Phi) is 7.54. The first-order chi connectivity index (χ1) is 16.8. The molecule has 0 saturated heterocycles. The van der Waals surface area contributed by atoms with Crippen LogP contribution in [0, 0.1) is 5.92 Å². The number of ketones is 1. The highest BCUT2D eigenvalue weighted by atomic mass is 16.5. The number of anilines is 1. The van der Waals surface area contributed by atoms with Gasteiger partial charge in [0.15, 0.2) is 0 Å². The molecule has 5 heteroatoms. The highest BCUT2D eigenvalue weighted by Crippen LogP contribution is 2.46. The number of nitrogens with zero attached hydrogens (tertiary/aromatic N) is 2. The topological polar surface area (TPSA) is 59.0 Å². The molecule has 2 aromatic rings.